The number of rotatable bonds is 9. The van der Waals surface area contributed by atoms with Crippen LogP contribution in [0.25, 0.3) is 0 Å². The summed E-state index contributed by atoms with van der Waals surface area (Å²) in [6.45, 7) is 6.92. The minimum absolute atomic E-state index is 0.0749. The van der Waals surface area contributed by atoms with Gasteiger partial charge in [-0.2, -0.15) is 0 Å². The fourth-order valence-electron chi connectivity index (χ4n) is 3.56. The Hall–Kier alpha value is -3.58. The van der Waals surface area contributed by atoms with Crippen LogP contribution in [0.1, 0.15) is 28.1 Å². The molecular weight excluding hydrogens is 444 g/mol. The van der Waals surface area contributed by atoms with Crippen molar-refractivity contribution in [2.45, 2.75) is 39.1 Å². The van der Waals surface area contributed by atoms with Gasteiger partial charge in [0, 0.05) is 5.69 Å². The molecule has 0 aliphatic rings. The number of anilines is 1. The molecule has 1 amide bonds. The van der Waals surface area contributed by atoms with Crippen molar-refractivity contribution < 1.29 is 9.53 Å². The van der Waals surface area contributed by atoms with E-state index in [0.717, 1.165) is 28.1 Å². The van der Waals surface area contributed by atoms with Crippen LogP contribution in [0, 0.1) is 20.8 Å². The molecule has 0 atom stereocenters. The van der Waals surface area contributed by atoms with Gasteiger partial charge in [0.05, 0.1) is 12.3 Å². The third kappa shape index (κ3) is 6.05. The first kappa shape index (κ1) is 23.6. The summed E-state index contributed by atoms with van der Waals surface area (Å²) in [6.07, 6.45) is 0. The molecule has 0 fully saturated rings. The number of carbonyl (C=O) groups excluding carboxylic acids is 1. The van der Waals surface area contributed by atoms with Crippen molar-refractivity contribution in [1.29, 1.82) is 0 Å². The molecule has 3 aromatic carbocycles. The lowest BCUT2D eigenvalue weighted by Gasteiger charge is -2.13. The fraction of sp³-hybridized carbons (Fsp3) is 0.222. The minimum Gasteiger partial charge on any atom is -0.486 e. The van der Waals surface area contributed by atoms with Crippen LogP contribution < -0.4 is 10.1 Å². The van der Waals surface area contributed by atoms with Gasteiger partial charge in [0.25, 0.3) is 0 Å². The number of aryl methyl sites for hydroxylation is 3. The maximum atomic E-state index is 12.7. The van der Waals surface area contributed by atoms with Crippen molar-refractivity contribution in [2.24, 2.45) is 0 Å². The lowest BCUT2D eigenvalue weighted by atomic mass is 10.1. The number of hydrogen-bond acceptors (Lipinski definition) is 5. The van der Waals surface area contributed by atoms with Gasteiger partial charge >= 0.3 is 0 Å². The van der Waals surface area contributed by atoms with E-state index in [-0.39, 0.29) is 18.3 Å². The molecule has 1 N–H and O–H groups in total. The van der Waals surface area contributed by atoms with Crippen LogP contribution in [0.5, 0.6) is 5.75 Å². The Balaban J connectivity index is 1.48. The average molecular weight is 473 g/mol. The highest BCUT2D eigenvalue weighted by molar-refractivity contribution is 7.99. The number of hydrogen-bond donors (Lipinski definition) is 1. The zero-order valence-electron chi connectivity index (χ0n) is 19.6. The number of nitrogens with zero attached hydrogens (tertiary/aromatic N) is 3. The number of amides is 1. The first-order valence-electron chi connectivity index (χ1n) is 11.1. The highest BCUT2D eigenvalue weighted by atomic mass is 32.2. The van der Waals surface area contributed by atoms with E-state index in [4.69, 9.17) is 4.74 Å². The molecule has 0 radical (unpaired) electrons. The lowest BCUT2D eigenvalue weighted by molar-refractivity contribution is -0.113. The molecular formula is C27H28N4O2S. The van der Waals surface area contributed by atoms with Crippen molar-refractivity contribution in [1.82, 2.24) is 14.8 Å². The number of thioether (sulfide) groups is 1. The van der Waals surface area contributed by atoms with Crippen LogP contribution in [-0.2, 0) is 17.9 Å². The van der Waals surface area contributed by atoms with Gasteiger partial charge in [0.15, 0.2) is 11.0 Å². The van der Waals surface area contributed by atoms with E-state index >= 15 is 0 Å². The maximum Gasteiger partial charge on any atom is 0.234 e. The molecule has 0 aliphatic carbocycles. The van der Waals surface area contributed by atoms with Gasteiger partial charge in [-0.25, -0.2) is 0 Å². The third-order valence-corrected chi connectivity index (χ3v) is 6.41. The van der Waals surface area contributed by atoms with Gasteiger partial charge in [-0.15, -0.1) is 10.2 Å². The molecule has 34 heavy (non-hydrogen) atoms. The molecule has 0 saturated heterocycles. The van der Waals surface area contributed by atoms with Crippen LogP contribution in [0.3, 0.4) is 0 Å². The van der Waals surface area contributed by atoms with Crippen molar-refractivity contribution in [2.75, 3.05) is 11.1 Å². The SMILES string of the molecule is Cc1ccc(OCc2nnc(SCC(=O)Nc3c(C)cccc3C)n2Cc2ccccc2)cc1. The summed E-state index contributed by atoms with van der Waals surface area (Å²) in [5.41, 5.74) is 5.26. The van der Waals surface area contributed by atoms with E-state index in [1.54, 1.807) is 0 Å². The fourth-order valence-corrected chi connectivity index (χ4v) is 4.31. The molecule has 7 heteroatoms. The number of carbonyl (C=O) groups is 1. The predicted molar refractivity (Wildman–Crippen MR) is 136 cm³/mol. The largest absolute Gasteiger partial charge is 0.486 e. The third-order valence-electron chi connectivity index (χ3n) is 5.44. The zero-order valence-corrected chi connectivity index (χ0v) is 20.4. The van der Waals surface area contributed by atoms with Gasteiger partial charge < -0.3 is 10.1 Å². The van der Waals surface area contributed by atoms with E-state index < -0.39 is 0 Å². The molecule has 174 valence electrons. The molecule has 0 saturated carbocycles. The number of para-hydroxylation sites is 1. The Labute approximate surface area is 204 Å². The number of nitrogens with one attached hydrogen (secondary N) is 1. The minimum atomic E-state index is -0.0749. The standard InChI is InChI=1S/C27H28N4O2S/c1-19-12-14-23(15-13-19)33-17-24-29-30-27(31(24)16-22-10-5-4-6-11-22)34-18-25(32)28-26-20(2)8-7-9-21(26)3/h4-15H,16-18H2,1-3H3,(H,28,32). The van der Waals surface area contributed by atoms with Crippen LogP contribution in [0.15, 0.2) is 78.0 Å². The van der Waals surface area contributed by atoms with Crippen molar-refractivity contribution >= 4 is 23.4 Å². The summed E-state index contributed by atoms with van der Waals surface area (Å²) >= 11 is 1.37. The second kappa shape index (κ2) is 11.0. The summed E-state index contributed by atoms with van der Waals surface area (Å²) in [5.74, 6) is 1.65. The monoisotopic (exact) mass is 472 g/mol. The first-order chi connectivity index (χ1) is 16.5. The second-order valence-electron chi connectivity index (χ2n) is 8.18. The maximum absolute atomic E-state index is 12.7. The van der Waals surface area contributed by atoms with Crippen LogP contribution >= 0.6 is 11.8 Å². The smallest absolute Gasteiger partial charge is 0.234 e. The number of ether oxygens (including phenoxy) is 1. The lowest BCUT2D eigenvalue weighted by Crippen LogP contribution is -2.16. The Kier molecular flexibility index (Phi) is 7.65. The number of aromatic nitrogens is 3. The summed E-state index contributed by atoms with van der Waals surface area (Å²) in [6, 6.07) is 24.0. The van der Waals surface area contributed by atoms with Crippen molar-refractivity contribution in [3.63, 3.8) is 0 Å². The van der Waals surface area contributed by atoms with E-state index in [2.05, 4.69) is 27.6 Å². The number of benzene rings is 3. The van der Waals surface area contributed by atoms with Crippen molar-refractivity contribution in [3.05, 3.63) is 101 Å². The Morgan fingerprint density at radius 2 is 1.62 bits per heavy atom. The summed E-state index contributed by atoms with van der Waals surface area (Å²) < 4.78 is 7.97. The molecule has 1 aromatic heterocycles. The van der Waals surface area contributed by atoms with Gasteiger partial charge in [0.1, 0.15) is 12.4 Å². The first-order valence-corrected chi connectivity index (χ1v) is 12.1. The molecule has 0 aliphatic heterocycles. The Morgan fingerprint density at radius 3 is 2.32 bits per heavy atom. The van der Waals surface area contributed by atoms with E-state index in [1.807, 2.05) is 86.0 Å². The molecule has 4 rings (SSSR count). The zero-order chi connectivity index (χ0) is 23.9. The van der Waals surface area contributed by atoms with Crippen LogP contribution in [0.2, 0.25) is 0 Å². The van der Waals surface area contributed by atoms with Crippen LogP contribution in [0.4, 0.5) is 5.69 Å². The average Bonchev–Trinajstić information content (AvgIpc) is 3.21. The summed E-state index contributed by atoms with van der Waals surface area (Å²) in [5, 5.41) is 12.5. The van der Waals surface area contributed by atoms with Crippen molar-refractivity contribution in [3.8, 4) is 5.75 Å². The highest BCUT2D eigenvalue weighted by Gasteiger charge is 2.16. The topological polar surface area (TPSA) is 69.0 Å². The highest BCUT2D eigenvalue weighted by Crippen LogP contribution is 2.23. The van der Waals surface area contributed by atoms with E-state index in [1.165, 1.54) is 17.3 Å². The Morgan fingerprint density at radius 1 is 0.912 bits per heavy atom. The van der Waals surface area contributed by atoms with E-state index in [9.17, 15) is 4.79 Å². The predicted octanol–water partition coefficient (Wildman–Crippen LogP) is 5.56. The molecule has 1 heterocycles. The Bertz CT molecular complexity index is 1230. The quantitative estimate of drug-likeness (QED) is 0.323. The second-order valence-corrected chi connectivity index (χ2v) is 9.12. The summed E-state index contributed by atoms with van der Waals surface area (Å²) in [4.78, 5) is 12.7. The molecule has 4 aromatic rings. The van der Waals surface area contributed by atoms with E-state index in [0.29, 0.717) is 17.5 Å². The van der Waals surface area contributed by atoms with Gasteiger partial charge in [-0.05, 0) is 49.6 Å². The molecule has 6 nitrogen and oxygen atoms in total. The van der Waals surface area contributed by atoms with Gasteiger partial charge in [-0.3, -0.25) is 9.36 Å². The normalized spacial score (nSPS) is 10.8. The molecule has 0 bridgehead atoms. The van der Waals surface area contributed by atoms with Gasteiger partial charge in [-0.1, -0.05) is 78.0 Å². The molecule has 0 unspecified atom stereocenters. The van der Waals surface area contributed by atoms with Crippen LogP contribution in [-0.4, -0.2) is 26.4 Å². The molecule has 0 spiro atoms. The van der Waals surface area contributed by atoms with Gasteiger partial charge in [0.2, 0.25) is 5.91 Å². The summed E-state index contributed by atoms with van der Waals surface area (Å²) in [7, 11) is 0.